The Kier molecular flexibility index (Phi) is 6.41. The number of hydrogen-bond acceptors (Lipinski definition) is 3. The fraction of sp³-hybridized carbons (Fsp3) is 0.462. The van der Waals surface area contributed by atoms with Gasteiger partial charge in [0.05, 0.1) is 4.90 Å². The standard InChI is InChI=1S/C13H20N2O2S2/c1-2-3-4-5-9-15-19(16,17)12-8-6-7-11(10-12)13(14)18/h6-8,10,15H,2-5,9H2,1H3,(H2,14,18). The minimum absolute atomic E-state index is 0.194. The minimum atomic E-state index is -3.47. The van der Waals surface area contributed by atoms with E-state index in [4.69, 9.17) is 18.0 Å². The highest BCUT2D eigenvalue weighted by atomic mass is 32.2. The number of nitrogens with one attached hydrogen (secondary N) is 1. The second-order valence-electron chi connectivity index (χ2n) is 4.35. The Bertz CT molecular complexity index is 527. The smallest absolute Gasteiger partial charge is 0.240 e. The molecule has 3 N–H and O–H groups in total. The normalized spacial score (nSPS) is 11.4. The molecule has 0 aromatic heterocycles. The van der Waals surface area contributed by atoms with E-state index in [1.165, 1.54) is 12.1 Å². The second kappa shape index (κ2) is 7.57. The summed E-state index contributed by atoms with van der Waals surface area (Å²) in [7, 11) is -3.47. The molecule has 0 bridgehead atoms. The first-order chi connectivity index (χ1) is 8.97. The molecule has 6 heteroatoms. The quantitative estimate of drug-likeness (QED) is 0.570. The summed E-state index contributed by atoms with van der Waals surface area (Å²) >= 11 is 4.84. The van der Waals surface area contributed by atoms with E-state index < -0.39 is 10.0 Å². The largest absolute Gasteiger partial charge is 0.389 e. The molecule has 19 heavy (non-hydrogen) atoms. The first kappa shape index (κ1) is 16.1. The molecule has 0 radical (unpaired) electrons. The van der Waals surface area contributed by atoms with E-state index in [0.29, 0.717) is 12.1 Å². The first-order valence-electron chi connectivity index (χ1n) is 6.37. The Labute approximate surface area is 120 Å². The summed E-state index contributed by atoms with van der Waals surface area (Å²) in [6.45, 7) is 2.57. The van der Waals surface area contributed by atoms with Crippen molar-refractivity contribution in [2.75, 3.05) is 6.54 Å². The van der Waals surface area contributed by atoms with Crippen LogP contribution in [0.5, 0.6) is 0 Å². The van der Waals surface area contributed by atoms with Gasteiger partial charge in [-0.15, -0.1) is 0 Å². The molecular formula is C13H20N2O2S2. The monoisotopic (exact) mass is 300 g/mol. The first-order valence-corrected chi connectivity index (χ1v) is 8.26. The Hall–Kier alpha value is -0.980. The average molecular weight is 300 g/mol. The van der Waals surface area contributed by atoms with Gasteiger partial charge >= 0.3 is 0 Å². The molecule has 0 aliphatic rings. The van der Waals surface area contributed by atoms with Crippen LogP contribution < -0.4 is 10.5 Å². The number of nitrogens with two attached hydrogens (primary N) is 1. The summed E-state index contributed by atoms with van der Waals surface area (Å²) in [4.78, 5) is 0.397. The Morgan fingerprint density at radius 1 is 1.32 bits per heavy atom. The van der Waals surface area contributed by atoms with Crippen LogP contribution in [-0.2, 0) is 10.0 Å². The molecule has 1 aromatic carbocycles. The molecule has 0 fully saturated rings. The molecule has 0 amide bonds. The summed E-state index contributed by atoms with van der Waals surface area (Å²) < 4.78 is 26.7. The highest BCUT2D eigenvalue weighted by Gasteiger charge is 2.13. The third-order valence-electron chi connectivity index (χ3n) is 2.75. The molecule has 0 saturated carbocycles. The van der Waals surface area contributed by atoms with E-state index >= 15 is 0 Å². The zero-order chi connectivity index (χ0) is 14.3. The topological polar surface area (TPSA) is 72.2 Å². The van der Waals surface area contributed by atoms with Gasteiger partial charge in [-0.2, -0.15) is 0 Å². The molecule has 0 aliphatic heterocycles. The zero-order valence-corrected chi connectivity index (χ0v) is 12.7. The summed E-state index contributed by atoms with van der Waals surface area (Å²) in [6.07, 6.45) is 4.13. The lowest BCUT2D eigenvalue weighted by molar-refractivity contribution is 0.573. The highest BCUT2D eigenvalue weighted by molar-refractivity contribution is 7.89. The van der Waals surface area contributed by atoms with E-state index in [-0.39, 0.29) is 9.88 Å². The van der Waals surface area contributed by atoms with Gasteiger partial charge in [0.1, 0.15) is 4.99 Å². The summed E-state index contributed by atoms with van der Waals surface area (Å²) in [5.41, 5.74) is 6.06. The third-order valence-corrected chi connectivity index (χ3v) is 4.45. The maximum Gasteiger partial charge on any atom is 0.240 e. The Morgan fingerprint density at radius 3 is 2.68 bits per heavy atom. The molecule has 0 atom stereocenters. The maximum atomic E-state index is 12.0. The number of thiocarbonyl (C=S) groups is 1. The van der Waals surface area contributed by atoms with Crippen LogP contribution in [0.15, 0.2) is 29.2 Å². The molecule has 106 valence electrons. The molecular weight excluding hydrogens is 280 g/mol. The van der Waals surface area contributed by atoms with Crippen molar-refractivity contribution in [2.24, 2.45) is 5.73 Å². The predicted molar refractivity (Wildman–Crippen MR) is 81.7 cm³/mol. The molecule has 4 nitrogen and oxygen atoms in total. The highest BCUT2D eigenvalue weighted by Crippen LogP contribution is 2.11. The molecule has 0 spiro atoms. The molecule has 0 saturated heterocycles. The predicted octanol–water partition coefficient (Wildman–Crippen LogP) is 2.18. The van der Waals surface area contributed by atoms with Crippen LogP contribution >= 0.6 is 12.2 Å². The summed E-state index contributed by atoms with van der Waals surface area (Å²) in [5, 5.41) is 0. The van der Waals surface area contributed by atoms with Crippen molar-refractivity contribution < 1.29 is 8.42 Å². The van der Waals surface area contributed by atoms with Gasteiger partial charge in [-0.1, -0.05) is 50.5 Å². The lowest BCUT2D eigenvalue weighted by Gasteiger charge is -2.07. The van der Waals surface area contributed by atoms with E-state index in [1.54, 1.807) is 12.1 Å². The summed E-state index contributed by atoms with van der Waals surface area (Å²) in [5.74, 6) is 0. The number of unbranched alkanes of at least 4 members (excludes halogenated alkanes) is 3. The van der Waals surface area contributed by atoms with Crippen molar-refractivity contribution in [1.82, 2.24) is 4.72 Å². The van der Waals surface area contributed by atoms with Gasteiger partial charge in [0.2, 0.25) is 10.0 Å². The van der Waals surface area contributed by atoms with E-state index in [2.05, 4.69) is 11.6 Å². The number of sulfonamides is 1. The number of rotatable bonds is 8. The van der Waals surface area contributed by atoms with Crippen molar-refractivity contribution >= 4 is 27.2 Å². The van der Waals surface area contributed by atoms with Crippen LogP contribution in [0.3, 0.4) is 0 Å². The van der Waals surface area contributed by atoms with Crippen molar-refractivity contribution in [3.63, 3.8) is 0 Å². The van der Waals surface area contributed by atoms with Gasteiger partial charge in [0.25, 0.3) is 0 Å². The number of benzene rings is 1. The second-order valence-corrected chi connectivity index (χ2v) is 6.56. The lowest BCUT2D eigenvalue weighted by atomic mass is 10.2. The van der Waals surface area contributed by atoms with Gasteiger partial charge in [-0.3, -0.25) is 0 Å². The lowest BCUT2D eigenvalue weighted by Crippen LogP contribution is -2.25. The fourth-order valence-electron chi connectivity index (χ4n) is 1.66. The van der Waals surface area contributed by atoms with Crippen molar-refractivity contribution in [3.05, 3.63) is 29.8 Å². The van der Waals surface area contributed by atoms with Gasteiger partial charge < -0.3 is 5.73 Å². The van der Waals surface area contributed by atoms with Crippen LogP contribution in [-0.4, -0.2) is 20.0 Å². The maximum absolute atomic E-state index is 12.0. The van der Waals surface area contributed by atoms with Gasteiger partial charge in [0.15, 0.2) is 0 Å². The Morgan fingerprint density at radius 2 is 2.05 bits per heavy atom. The van der Waals surface area contributed by atoms with Gasteiger partial charge in [0, 0.05) is 12.1 Å². The molecule has 0 aliphatic carbocycles. The Balaban J connectivity index is 2.66. The van der Waals surface area contributed by atoms with E-state index in [1.807, 2.05) is 0 Å². The van der Waals surface area contributed by atoms with Gasteiger partial charge in [-0.05, 0) is 18.6 Å². The van der Waals surface area contributed by atoms with Crippen LogP contribution in [0.1, 0.15) is 38.2 Å². The third kappa shape index (κ3) is 5.26. The average Bonchev–Trinajstić information content (AvgIpc) is 2.38. The van der Waals surface area contributed by atoms with Crippen LogP contribution in [0.4, 0.5) is 0 Å². The van der Waals surface area contributed by atoms with Crippen LogP contribution in [0, 0.1) is 0 Å². The molecule has 0 unspecified atom stereocenters. The zero-order valence-electron chi connectivity index (χ0n) is 11.1. The van der Waals surface area contributed by atoms with Crippen LogP contribution in [0.2, 0.25) is 0 Å². The molecule has 1 rings (SSSR count). The summed E-state index contributed by atoms with van der Waals surface area (Å²) in [6, 6.07) is 6.37. The minimum Gasteiger partial charge on any atom is -0.389 e. The SMILES string of the molecule is CCCCCCNS(=O)(=O)c1cccc(C(N)=S)c1. The van der Waals surface area contributed by atoms with Crippen molar-refractivity contribution in [3.8, 4) is 0 Å². The van der Waals surface area contributed by atoms with Crippen LogP contribution in [0.25, 0.3) is 0 Å². The van der Waals surface area contributed by atoms with E-state index in [9.17, 15) is 8.42 Å². The van der Waals surface area contributed by atoms with Gasteiger partial charge in [-0.25, -0.2) is 13.1 Å². The fourth-order valence-corrected chi connectivity index (χ4v) is 2.90. The number of hydrogen-bond donors (Lipinski definition) is 2. The van der Waals surface area contributed by atoms with Crippen molar-refractivity contribution in [1.29, 1.82) is 0 Å². The van der Waals surface area contributed by atoms with Crippen molar-refractivity contribution in [2.45, 2.75) is 37.5 Å². The molecule has 1 aromatic rings. The molecule has 0 heterocycles. The van der Waals surface area contributed by atoms with E-state index in [0.717, 1.165) is 25.7 Å².